The van der Waals surface area contributed by atoms with Gasteiger partial charge in [-0.3, -0.25) is 4.79 Å². The molecule has 0 bridgehead atoms. The van der Waals surface area contributed by atoms with Crippen molar-refractivity contribution in [3.8, 4) is 0 Å². The first-order chi connectivity index (χ1) is 19.9. The van der Waals surface area contributed by atoms with Gasteiger partial charge >= 0.3 is 11.9 Å². The molecular weight excluding hydrogens is 522 g/mol. The summed E-state index contributed by atoms with van der Waals surface area (Å²) in [7, 11) is 1.31. The van der Waals surface area contributed by atoms with Gasteiger partial charge in [-0.15, -0.1) is 0 Å². The molecule has 3 rings (SSSR count). The quantitative estimate of drug-likeness (QED) is 0.104. The zero-order valence-electron chi connectivity index (χ0n) is 25.2. The molecule has 1 aromatic carbocycles. The maximum Gasteiger partial charge on any atom is 0.341 e. The average molecular weight is 572 g/mol. The van der Waals surface area contributed by atoms with Crippen LogP contribution < -0.4 is 0 Å². The molecule has 2 aliphatic rings. The predicted octanol–water partition coefficient (Wildman–Crippen LogP) is 6.70. The number of unbranched alkanes of at least 4 members (excludes halogenated alkanes) is 7. The van der Waals surface area contributed by atoms with Crippen molar-refractivity contribution in [1.82, 2.24) is 0 Å². The van der Waals surface area contributed by atoms with Crippen LogP contribution in [0.3, 0.4) is 0 Å². The maximum atomic E-state index is 12.9. The van der Waals surface area contributed by atoms with Gasteiger partial charge in [-0.25, -0.2) is 9.79 Å². The molecule has 0 aliphatic carbocycles. The van der Waals surface area contributed by atoms with E-state index in [2.05, 4.69) is 24.1 Å². The van der Waals surface area contributed by atoms with E-state index in [4.69, 9.17) is 23.7 Å². The van der Waals surface area contributed by atoms with E-state index >= 15 is 0 Å². The number of esters is 2. The molecule has 8 nitrogen and oxygen atoms in total. The highest BCUT2D eigenvalue weighted by molar-refractivity contribution is 5.99. The van der Waals surface area contributed by atoms with E-state index in [1.54, 1.807) is 0 Å². The number of carbonyl (C=O) groups is 2. The molecule has 1 saturated heterocycles. The molecule has 0 amide bonds. The highest BCUT2D eigenvalue weighted by atomic mass is 16.7. The largest absolute Gasteiger partial charge is 0.471 e. The van der Waals surface area contributed by atoms with Gasteiger partial charge in [-0.2, -0.15) is 0 Å². The van der Waals surface area contributed by atoms with E-state index < -0.39 is 23.6 Å². The summed E-state index contributed by atoms with van der Waals surface area (Å²) in [5.74, 6) is -1.04. The molecule has 2 aliphatic heterocycles. The summed E-state index contributed by atoms with van der Waals surface area (Å²) in [6.07, 6.45) is 17.5. The third-order valence-electron chi connectivity index (χ3n) is 7.81. The van der Waals surface area contributed by atoms with E-state index in [1.165, 1.54) is 52.6 Å². The number of rotatable bonds is 19. The topological polar surface area (TPSA) is 92.7 Å². The minimum atomic E-state index is -1.43. The lowest BCUT2D eigenvalue weighted by Crippen LogP contribution is -2.50. The highest BCUT2D eigenvalue weighted by Crippen LogP contribution is 2.34. The number of nitrogens with zero attached hydrogens (tertiary/aromatic N) is 1. The van der Waals surface area contributed by atoms with Crippen LogP contribution in [0.1, 0.15) is 103 Å². The fraction of sp³-hybridized carbons (Fsp3) is 0.667. The summed E-state index contributed by atoms with van der Waals surface area (Å²) >= 11 is 0. The smallest absolute Gasteiger partial charge is 0.341 e. The Labute approximate surface area is 245 Å². The number of hydrogen-bond acceptors (Lipinski definition) is 8. The van der Waals surface area contributed by atoms with Crippen molar-refractivity contribution in [3.05, 3.63) is 48.0 Å². The van der Waals surface area contributed by atoms with Gasteiger partial charge in [0.25, 0.3) is 0 Å². The van der Waals surface area contributed by atoms with Gasteiger partial charge in [0.05, 0.1) is 20.3 Å². The van der Waals surface area contributed by atoms with Crippen LogP contribution in [0.25, 0.3) is 0 Å². The summed E-state index contributed by atoms with van der Waals surface area (Å²) in [6, 6.07) is 9.41. The Morgan fingerprint density at radius 3 is 2.27 bits per heavy atom. The van der Waals surface area contributed by atoms with Crippen molar-refractivity contribution in [2.45, 2.75) is 115 Å². The van der Waals surface area contributed by atoms with Crippen LogP contribution in [0.4, 0.5) is 0 Å². The monoisotopic (exact) mass is 571 g/mol. The zero-order valence-corrected chi connectivity index (χ0v) is 25.2. The van der Waals surface area contributed by atoms with Crippen molar-refractivity contribution in [2.24, 2.45) is 4.99 Å². The fourth-order valence-corrected chi connectivity index (χ4v) is 5.50. The van der Waals surface area contributed by atoms with Gasteiger partial charge in [0.15, 0.2) is 5.79 Å². The number of ether oxygens (including phenoxy) is 5. The minimum absolute atomic E-state index is 0.226. The van der Waals surface area contributed by atoms with Crippen LogP contribution in [0.15, 0.2) is 47.5 Å². The zero-order chi connectivity index (χ0) is 29.4. The molecule has 41 heavy (non-hydrogen) atoms. The van der Waals surface area contributed by atoms with Crippen LogP contribution >= 0.6 is 0 Å². The second-order valence-corrected chi connectivity index (χ2v) is 11.0. The van der Waals surface area contributed by atoms with Crippen LogP contribution in [0.2, 0.25) is 0 Å². The third-order valence-corrected chi connectivity index (χ3v) is 7.81. The lowest BCUT2D eigenvalue weighted by atomic mass is 9.91. The Morgan fingerprint density at radius 2 is 1.61 bits per heavy atom. The summed E-state index contributed by atoms with van der Waals surface area (Å²) in [5.41, 5.74) is -0.672. The molecule has 0 unspecified atom stereocenters. The van der Waals surface area contributed by atoms with Crippen LogP contribution in [-0.2, 0) is 33.3 Å². The second kappa shape index (κ2) is 17.3. The lowest BCUT2D eigenvalue weighted by Gasteiger charge is -2.27. The fourth-order valence-electron chi connectivity index (χ4n) is 5.50. The normalized spacial score (nSPS) is 21.5. The van der Waals surface area contributed by atoms with Gasteiger partial charge in [-0.1, -0.05) is 69.4 Å². The van der Waals surface area contributed by atoms with Gasteiger partial charge in [0.1, 0.15) is 12.7 Å². The van der Waals surface area contributed by atoms with Crippen molar-refractivity contribution in [2.75, 3.05) is 26.9 Å². The molecule has 0 radical (unpaired) electrons. The van der Waals surface area contributed by atoms with Crippen LogP contribution in [-0.4, -0.2) is 62.2 Å². The Bertz CT molecular complexity index is 987. The number of hydrogen-bond donors (Lipinski definition) is 0. The molecule has 0 spiro atoms. The second-order valence-electron chi connectivity index (χ2n) is 11.0. The molecule has 228 valence electrons. The first kappa shape index (κ1) is 32.8. The van der Waals surface area contributed by atoms with E-state index in [0.29, 0.717) is 32.0 Å². The van der Waals surface area contributed by atoms with E-state index in [1.807, 2.05) is 30.3 Å². The van der Waals surface area contributed by atoms with Crippen molar-refractivity contribution in [3.63, 3.8) is 0 Å². The Hall–Kier alpha value is -2.71. The average Bonchev–Trinajstić information content (AvgIpc) is 3.61. The minimum Gasteiger partial charge on any atom is -0.471 e. The summed E-state index contributed by atoms with van der Waals surface area (Å²) in [4.78, 5) is 29.2. The maximum absolute atomic E-state index is 12.9. The molecule has 8 heteroatoms. The number of carbonyl (C=O) groups excluding carboxylic acids is 2. The number of methoxy groups -OCH3 is 1. The van der Waals surface area contributed by atoms with Gasteiger partial charge in [0, 0.05) is 25.3 Å². The number of benzene rings is 1. The molecule has 2 atom stereocenters. The first-order valence-electron chi connectivity index (χ1n) is 15.4. The highest BCUT2D eigenvalue weighted by Gasteiger charge is 2.54. The summed E-state index contributed by atoms with van der Waals surface area (Å²) < 4.78 is 28.6. The molecule has 0 aromatic heterocycles. The summed E-state index contributed by atoms with van der Waals surface area (Å²) in [6.45, 7) is 4.75. The third kappa shape index (κ3) is 9.96. The number of allylic oxidation sites excluding steroid dienone is 2. The molecule has 1 fully saturated rings. The molecule has 2 heterocycles. The Kier molecular flexibility index (Phi) is 13.8. The number of aliphatic imine (C=N–C) groups is 1. The van der Waals surface area contributed by atoms with E-state index in [-0.39, 0.29) is 12.4 Å². The summed E-state index contributed by atoms with van der Waals surface area (Å²) in [5, 5.41) is 0. The standard InChI is InChI=1S/C33H49NO7/c1-4-5-6-17-22-32(39-24-25-40-32)23-18-12-10-8-7-9-11-16-21-29-33(31(36)37-3,26-38-27(2)35)34-30(41-29)28-19-14-13-15-20-28/h9,11,13-15,19-20,29H,4-8,10,12,16-18,21-26H2,1-3H3/b11-9-/t29-,33-/m0/s1. The van der Waals surface area contributed by atoms with Gasteiger partial charge in [-0.05, 0) is 50.7 Å². The Morgan fingerprint density at radius 1 is 0.951 bits per heavy atom. The van der Waals surface area contributed by atoms with Gasteiger partial charge in [0.2, 0.25) is 11.4 Å². The van der Waals surface area contributed by atoms with E-state index in [9.17, 15) is 9.59 Å². The van der Waals surface area contributed by atoms with Crippen molar-refractivity contribution >= 4 is 17.8 Å². The van der Waals surface area contributed by atoms with Crippen molar-refractivity contribution in [1.29, 1.82) is 0 Å². The van der Waals surface area contributed by atoms with Crippen LogP contribution in [0.5, 0.6) is 0 Å². The lowest BCUT2D eigenvalue weighted by molar-refractivity contribution is -0.168. The van der Waals surface area contributed by atoms with Gasteiger partial charge < -0.3 is 23.7 Å². The molecule has 1 aromatic rings. The van der Waals surface area contributed by atoms with Crippen LogP contribution in [0, 0.1) is 0 Å². The van der Waals surface area contributed by atoms with Crippen molar-refractivity contribution < 1.29 is 33.3 Å². The SMILES string of the molecule is CCCCCCC1(CCCCCC/C=C\CC[C@@H]2OC(c3ccccc3)=N[C@]2(COC(C)=O)C(=O)OC)OCCO1. The molecule has 0 N–H and O–H groups in total. The first-order valence-corrected chi connectivity index (χ1v) is 15.4. The predicted molar refractivity (Wildman–Crippen MR) is 159 cm³/mol. The Balaban J connectivity index is 1.43. The van der Waals surface area contributed by atoms with E-state index in [0.717, 1.165) is 37.7 Å². The molecule has 0 saturated carbocycles. The molecular formula is C33H49NO7.